The van der Waals surface area contributed by atoms with Gasteiger partial charge in [-0.1, -0.05) is 0 Å². The van der Waals surface area contributed by atoms with E-state index in [1.54, 1.807) is 20.8 Å². The van der Waals surface area contributed by atoms with Gasteiger partial charge in [0.05, 0.1) is 0 Å². The second-order valence-electron chi connectivity index (χ2n) is 3.76. The molecule has 0 fully saturated rings. The highest BCUT2D eigenvalue weighted by molar-refractivity contribution is 6.31. The van der Waals surface area contributed by atoms with E-state index < -0.39 is 29.9 Å². The molecular weight excluding hydrogens is 190 g/mol. The summed E-state index contributed by atoms with van der Waals surface area (Å²) in [4.78, 5) is 32.7. The van der Waals surface area contributed by atoms with Crippen LogP contribution in [0, 0.1) is 0 Å². The summed E-state index contributed by atoms with van der Waals surface area (Å²) >= 11 is 0. The lowest BCUT2D eigenvalue weighted by Crippen LogP contribution is -2.50. The summed E-state index contributed by atoms with van der Waals surface area (Å²) in [7, 11) is 0. The predicted molar refractivity (Wildman–Crippen MR) is 46.7 cm³/mol. The van der Waals surface area contributed by atoms with Gasteiger partial charge in [0.1, 0.15) is 6.54 Å². The van der Waals surface area contributed by atoms with Crippen LogP contribution in [-0.2, 0) is 14.4 Å². The third-order valence-electron chi connectivity index (χ3n) is 1.53. The van der Waals surface area contributed by atoms with Crippen LogP contribution >= 0.6 is 0 Å². The number of carbonyl (C=O) groups is 3. The number of hydrogen-bond donors (Lipinski definition) is 2. The van der Waals surface area contributed by atoms with Crippen LogP contribution in [-0.4, -0.2) is 45.0 Å². The third-order valence-corrected chi connectivity index (χ3v) is 1.53. The molecule has 80 valence electrons. The lowest BCUT2D eigenvalue weighted by Gasteiger charge is -2.32. The quantitative estimate of drug-likeness (QED) is 0.605. The minimum atomic E-state index is -1.65. The van der Waals surface area contributed by atoms with E-state index in [0.717, 1.165) is 4.90 Å². The average molecular weight is 203 g/mol. The van der Waals surface area contributed by atoms with Gasteiger partial charge in [-0.3, -0.25) is 9.59 Å². The molecule has 0 bridgehead atoms. The molecule has 0 saturated heterocycles. The molecule has 2 N–H and O–H groups in total. The Hall–Kier alpha value is -1.59. The molecule has 6 nitrogen and oxygen atoms in total. The van der Waals surface area contributed by atoms with Crippen molar-refractivity contribution in [3.63, 3.8) is 0 Å². The minimum Gasteiger partial charge on any atom is -0.480 e. The van der Waals surface area contributed by atoms with Crippen LogP contribution in [0.15, 0.2) is 0 Å². The molecule has 0 aromatic carbocycles. The standard InChI is InChI=1S/C8H13NO5/c1-8(2,3)9(4-5(10)11)6(12)7(13)14/h4H2,1-3H3,(H,10,11)(H,13,14). The molecule has 14 heavy (non-hydrogen) atoms. The zero-order valence-electron chi connectivity index (χ0n) is 8.27. The van der Waals surface area contributed by atoms with Crippen LogP contribution in [0.1, 0.15) is 20.8 Å². The molecular formula is C8H13NO5. The monoisotopic (exact) mass is 203 g/mol. The maximum Gasteiger partial charge on any atom is 0.394 e. The smallest absolute Gasteiger partial charge is 0.394 e. The molecule has 0 aliphatic rings. The number of aliphatic carboxylic acids is 2. The average Bonchev–Trinajstić information content (AvgIpc) is 1.96. The van der Waals surface area contributed by atoms with Crippen molar-refractivity contribution in [1.29, 1.82) is 0 Å². The Balaban J connectivity index is 4.82. The second-order valence-corrected chi connectivity index (χ2v) is 3.76. The summed E-state index contributed by atoms with van der Waals surface area (Å²) in [6.45, 7) is 4.08. The second kappa shape index (κ2) is 4.08. The first kappa shape index (κ1) is 12.4. The van der Waals surface area contributed by atoms with Gasteiger partial charge in [-0.25, -0.2) is 4.79 Å². The predicted octanol–water partition coefficient (Wildman–Crippen LogP) is -0.217. The van der Waals surface area contributed by atoms with Crippen molar-refractivity contribution in [3.8, 4) is 0 Å². The van der Waals surface area contributed by atoms with E-state index in [-0.39, 0.29) is 0 Å². The molecule has 0 unspecified atom stereocenters. The summed E-state index contributed by atoms with van der Waals surface area (Å²) < 4.78 is 0. The summed E-state index contributed by atoms with van der Waals surface area (Å²) in [5.74, 6) is -4.10. The maximum absolute atomic E-state index is 11.1. The molecule has 0 aromatic heterocycles. The van der Waals surface area contributed by atoms with Gasteiger partial charge < -0.3 is 15.1 Å². The van der Waals surface area contributed by atoms with E-state index in [4.69, 9.17) is 10.2 Å². The zero-order valence-corrected chi connectivity index (χ0v) is 8.27. The summed E-state index contributed by atoms with van der Waals surface area (Å²) in [5, 5.41) is 16.9. The van der Waals surface area contributed by atoms with E-state index in [1.807, 2.05) is 0 Å². The van der Waals surface area contributed by atoms with Crippen molar-refractivity contribution in [1.82, 2.24) is 4.90 Å². The normalized spacial score (nSPS) is 10.8. The van der Waals surface area contributed by atoms with Crippen LogP contribution in [0.5, 0.6) is 0 Å². The van der Waals surface area contributed by atoms with Crippen molar-refractivity contribution in [2.75, 3.05) is 6.54 Å². The molecule has 0 spiro atoms. The fourth-order valence-corrected chi connectivity index (χ4v) is 0.864. The number of rotatable bonds is 2. The van der Waals surface area contributed by atoms with Crippen molar-refractivity contribution < 1.29 is 24.6 Å². The van der Waals surface area contributed by atoms with Crippen LogP contribution in [0.25, 0.3) is 0 Å². The zero-order chi connectivity index (χ0) is 11.5. The number of carbonyl (C=O) groups excluding carboxylic acids is 1. The van der Waals surface area contributed by atoms with Gasteiger partial charge in [0, 0.05) is 5.54 Å². The highest BCUT2D eigenvalue weighted by atomic mass is 16.4. The minimum absolute atomic E-state index is 0.616. The molecule has 0 rings (SSSR count). The van der Waals surface area contributed by atoms with Crippen molar-refractivity contribution >= 4 is 17.8 Å². The van der Waals surface area contributed by atoms with Crippen LogP contribution < -0.4 is 0 Å². The Morgan fingerprint density at radius 1 is 1.14 bits per heavy atom. The highest BCUT2D eigenvalue weighted by Crippen LogP contribution is 2.12. The molecule has 0 aliphatic heterocycles. The van der Waals surface area contributed by atoms with E-state index in [1.165, 1.54) is 0 Å². The van der Waals surface area contributed by atoms with Gasteiger partial charge in [-0.2, -0.15) is 0 Å². The first-order valence-electron chi connectivity index (χ1n) is 3.93. The van der Waals surface area contributed by atoms with Crippen LogP contribution in [0.3, 0.4) is 0 Å². The van der Waals surface area contributed by atoms with Gasteiger partial charge in [0.25, 0.3) is 0 Å². The Morgan fingerprint density at radius 3 is 1.79 bits per heavy atom. The van der Waals surface area contributed by atoms with Gasteiger partial charge in [-0.15, -0.1) is 0 Å². The fraction of sp³-hybridized carbons (Fsp3) is 0.625. The number of hydrogen-bond acceptors (Lipinski definition) is 3. The van der Waals surface area contributed by atoms with Gasteiger partial charge >= 0.3 is 17.8 Å². The molecule has 0 atom stereocenters. The Morgan fingerprint density at radius 2 is 1.57 bits per heavy atom. The van der Waals surface area contributed by atoms with Crippen LogP contribution in [0.4, 0.5) is 0 Å². The van der Waals surface area contributed by atoms with Gasteiger partial charge in [0.2, 0.25) is 0 Å². The van der Waals surface area contributed by atoms with E-state index >= 15 is 0 Å². The molecule has 6 heteroatoms. The molecule has 0 aromatic rings. The summed E-state index contributed by atoms with van der Waals surface area (Å²) in [6, 6.07) is 0. The molecule has 0 aliphatic carbocycles. The lowest BCUT2D eigenvalue weighted by atomic mass is 10.1. The van der Waals surface area contributed by atoms with E-state index in [0.29, 0.717) is 0 Å². The van der Waals surface area contributed by atoms with Gasteiger partial charge in [-0.05, 0) is 20.8 Å². The number of carboxylic acid groups (broad SMARTS) is 2. The lowest BCUT2D eigenvalue weighted by molar-refractivity contribution is -0.161. The number of amides is 1. The highest BCUT2D eigenvalue weighted by Gasteiger charge is 2.32. The number of carboxylic acids is 2. The third kappa shape index (κ3) is 3.42. The van der Waals surface area contributed by atoms with E-state index in [2.05, 4.69) is 0 Å². The SMILES string of the molecule is CC(C)(C)N(CC(=O)O)C(=O)C(=O)O. The summed E-state index contributed by atoms with van der Waals surface area (Å²) in [6.07, 6.45) is 0. The topological polar surface area (TPSA) is 94.9 Å². The van der Waals surface area contributed by atoms with Gasteiger partial charge in [0.15, 0.2) is 0 Å². The van der Waals surface area contributed by atoms with E-state index in [9.17, 15) is 14.4 Å². The Bertz CT molecular complexity index is 265. The Kier molecular flexibility index (Phi) is 3.62. The molecule has 0 heterocycles. The summed E-state index contributed by atoms with van der Waals surface area (Å²) in [5.41, 5.74) is -0.826. The molecule has 0 radical (unpaired) electrons. The largest absolute Gasteiger partial charge is 0.480 e. The first-order chi connectivity index (χ1) is 6.16. The van der Waals surface area contributed by atoms with Crippen LogP contribution in [0.2, 0.25) is 0 Å². The first-order valence-corrected chi connectivity index (χ1v) is 3.93. The molecule has 1 amide bonds. The Labute approximate surface area is 81.1 Å². The molecule has 0 saturated carbocycles. The fourth-order valence-electron chi connectivity index (χ4n) is 0.864. The van der Waals surface area contributed by atoms with Crippen molar-refractivity contribution in [3.05, 3.63) is 0 Å². The van der Waals surface area contributed by atoms with Crippen molar-refractivity contribution in [2.45, 2.75) is 26.3 Å². The van der Waals surface area contributed by atoms with Crippen molar-refractivity contribution in [2.24, 2.45) is 0 Å². The number of nitrogens with zero attached hydrogens (tertiary/aromatic N) is 1. The maximum atomic E-state index is 11.1.